The molecule has 1 aliphatic rings. The van der Waals surface area contributed by atoms with E-state index in [2.05, 4.69) is 0 Å². The smallest absolute Gasteiger partial charge is 0.347 e. The summed E-state index contributed by atoms with van der Waals surface area (Å²) in [7, 11) is 0. The SMILES string of the molecule is CC(=O)c1ccc(OC2CCOC2=O)c(C(=O)O)c1. The fourth-order valence-corrected chi connectivity index (χ4v) is 1.76. The molecule has 0 amide bonds. The quantitative estimate of drug-likeness (QED) is 0.650. The summed E-state index contributed by atoms with van der Waals surface area (Å²) in [5.41, 5.74) is 0.131. The standard InChI is InChI=1S/C13H12O6/c1-7(14)8-2-3-10(9(6-8)12(15)16)19-11-4-5-18-13(11)17/h2-3,6,11H,4-5H2,1H3,(H,15,16). The lowest BCUT2D eigenvalue weighted by atomic mass is 10.1. The van der Waals surface area contributed by atoms with Gasteiger partial charge in [-0.3, -0.25) is 4.79 Å². The summed E-state index contributed by atoms with van der Waals surface area (Å²) >= 11 is 0. The van der Waals surface area contributed by atoms with Crippen LogP contribution in [0.5, 0.6) is 5.75 Å². The van der Waals surface area contributed by atoms with Crippen molar-refractivity contribution in [2.75, 3.05) is 6.61 Å². The summed E-state index contributed by atoms with van der Waals surface area (Å²) in [6, 6.07) is 4.08. The number of aromatic carboxylic acids is 1. The summed E-state index contributed by atoms with van der Waals surface area (Å²) in [5, 5.41) is 9.10. The van der Waals surface area contributed by atoms with Crippen LogP contribution in [-0.2, 0) is 9.53 Å². The molecular formula is C13H12O6. The second-order valence-electron chi connectivity index (χ2n) is 4.13. The molecule has 1 aliphatic heterocycles. The van der Waals surface area contributed by atoms with Gasteiger partial charge in [-0.2, -0.15) is 0 Å². The van der Waals surface area contributed by atoms with Crippen LogP contribution in [0, 0.1) is 0 Å². The molecule has 1 saturated heterocycles. The van der Waals surface area contributed by atoms with Gasteiger partial charge in [0.05, 0.1) is 6.61 Å². The molecule has 0 bridgehead atoms. The van der Waals surface area contributed by atoms with E-state index in [0.29, 0.717) is 6.42 Å². The van der Waals surface area contributed by atoms with Gasteiger partial charge in [-0.05, 0) is 25.1 Å². The van der Waals surface area contributed by atoms with E-state index in [1.165, 1.54) is 25.1 Å². The normalized spacial score (nSPS) is 17.9. The third-order valence-corrected chi connectivity index (χ3v) is 2.77. The summed E-state index contributed by atoms with van der Waals surface area (Å²) in [4.78, 5) is 33.7. The predicted octanol–water partition coefficient (Wildman–Crippen LogP) is 1.28. The molecule has 19 heavy (non-hydrogen) atoms. The average molecular weight is 264 g/mol. The highest BCUT2D eigenvalue weighted by Crippen LogP contribution is 2.24. The highest BCUT2D eigenvalue weighted by Gasteiger charge is 2.29. The first-order valence-electron chi connectivity index (χ1n) is 5.70. The molecule has 0 spiro atoms. The Kier molecular flexibility index (Phi) is 3.50. The van der Waals surface area contributed by atoms with Crippen LogP contribution >= 0.6 is 0 Å². The van der Waals surface area contributed by atoms with E-state index in [4.69, 9.17) is 14.6 Å². The van der Waals surface area contributed by atoms with Crippen molar-refractivity contribution in [2.24, 2.45) is 0 Å². The van der Waals surface area contributed by atoms with Gasteiger partial charge in [-0.25, -0.2) is 9.59 Å². The van der Waals surface area contributed by atoms with Crippen LogP contribution in [0.2, 0.25) is 0 Å². The van der Waals surface area contributed by atoms with Crippen LogP contribution in [0.25, 0.3) is 0 Å². The maximum absolute atomic E-state index is 11.3. The Morgan fingerprint density at radius 1 is 1.42 bits per heavy atom. The number of hydrogen-bond donors (Lipinski definition) is 1. The molecule has 1 atom stereocenters. The lowest BCUT2D eigenvalue weighted by molar-refractivity contribution is -0.143. The predicted molar refractivity (Wildman–Crippen MR) is 63.4 cm³/mol. The zero-order valence-electron chi connectivity index (χ0n) is 10.2. The molecule has 1 unspecified atom stereocenters. The minimum absolute atomic E-state index is 0.0568. The van der Waals surface area contributed by atoms with Crippen LogP contribution in [0.4, 0.5) is 0 Å². The van der Waals surface area contributed by atoms with Crippen molar-refractivity contribution < 1.29 is 29.0 Å². The molecule has 1 N–H and O–H groups in total. The summed E-state index contributed by atoms with van der Waals surface area (Å²) in [6.07, 6.45) is -0.409. The summed E-state index contributed by atoms with van der Waals surface area (Å²) < 4.78 is 10.1. The first-order chi connectivity index (χ1) is 8.99. The molecule has 1 fully saturated rings. The Labute approximate surface area is 108 Å². The number of carbonyl (C=O) groups is 3. The number of esters is 1. The second kappa shape index (κ2) is 5.09. The number of hydrogen-bond acceptors (Lipinski definition) is 5. The van der Waals surface area contributed by atoms with Gasteiger partial charge in [-0.1, -0.05) is 0 Å². The Morgan fingerprint density at radius 2 is 2.16 bits per heavy atom. The third-order valence-electron chi connectivity index (χ3n) is 2.77. The molecule has 0 radical (unpaired) electrons. The zero-order valence-corrected chi connectivity index (χ0v) is 10.2. The van der Waals surface area contributed by atoms with Gasteiger partial charge in [0, 0.05) is 12.0 Å². The van der Waals surface area contributed by atoms with E-state index >= 15 is 0 Å². The maximum Gasteiger partial charge on any atom is 0.347 e. The van der Waals surface area contributed by atoms with Crippen molar-refractivity contribution in [3.8, 4) is 5.75 Å². The number of ketones is 1. The van der Waals surface area contributed by atoms with Crippen LogP contribution in [0.1, 0.15) is 34.1 Å². The van der Waals surface area contributed by atoms with E-state index in [9.17, 15) is 14.4 Å². The number of carbonyl (C=O) groups excluding carboxylic acids is 2. The topological polar surface area (TPSA) is 89.9 Å². The molecule has 1 heterocycles. The van der Waals surface area contributed by atoms with Gasteiger partial charge in [0.1, 0.15) is 11.3 Å². The van der Waals surface area contributed by atoms with Gasteiger partial charge < -0.3 is 14.6 Å². The summed E-state index contributed by atoms with van der Waals surface area (Å²) in [5.74, 6) is -1.91. The van der Waals surface area contributed by atoms with Gasteiger partial charge in [-0.15, -0.1) is 0 Å². The van der Waals surface area contributed by atoms with Gasteiger partial charge >= 0.3 is 11.9 Å². The molecular weight excluding hydrogens is 252 g/mol. The molecule has 0 saturated carbocycles. The number of cyclic esters (lactones) is 1. The number of ether oxygens (including phenoxy) is 2. The van der Waals surface area contributed by atoms with Crippen molar-refractivity contribution >= 4 is 17.7 Å². The van der Waals surface area contributed by atoms with Gasteiger partial charge in [0.15, 0.2) is 11.9 Å². The molecule has 6 heteroatoms. The molecule has 1 aromatic rings. The van der Waals surface area contributed by atoms with Crippen LogP contribution < -0.4 is 4.74 Å². The van der Waals surface area contributed by atoms with Crippen molar-refractivity contribution in [2.45, 2.75) is 19.4 Å². The summed E-state index contributed by atoms with van der Waals surface area (Å²) in [6.45, 7) is 1.60. The Morgan fingerprint density at radius 3 is 2.68 bits per heavy atom. The van der Waals surface area contributed by atoms with E-state index in [1.54, 1.807) is 0 Å². The van der Waals surface area contributed by atoms with E-state index in [-0.39, 0.29) is 29.3 Å². The van der Waals surface area contributed by atoms with Crippen molar-refractivity contribution in [3.05, 3.63) is 29.3 Å². The van der Waals surface area contributed by atoms with Gasteiger partial charge in [0.2, 0.25) is 0 Å². The maximum atomic E-state index is 11.3. The first-order valence-corrected chi connectivity index (χ1v) is 5.70. The molecule has 1 aromatic carbocycles. The fourth-order valence-electron chi connectivity index (χ4n) is 1.76. The number of carboxylic acids is 1. The van der Waals surface area contributed by atoms with E-state index in [1.807, 2.05) is 0 Å². The number of rotatable bonds is 4. The zero-order chi connectivity index (χ0) is 14.0. The van der Waals surface area contributed by atoms with Crippen molar-refractivity contribution in [1.29, 1.82) is 0 Å². The van der Waals surface area contributed by atoms with Crippen LogP contribution in [0.15, 0.2) is 18.2 Å². The first kappa shape index (κ1) is 13.1. The minimum atomic E-state index is -1.22. The van der Waals surface area contributed by atoms with E-state index < -0.39 is 18.0 Å². The number of benzene rings is 1. The Balaban J connectivity index is 2.31. The molecule has 100 valence electrons. The van der Waals surface area contributed by atoms with Crippen molar-refractivity contribution in [1.82, 2.24) is 0 Å². The number of Topliss-reactive ketones (excluding diaryl/α,β-unsaturated/α-hetero) is 1. The van der Waals surface area contributed by atoms with Gasteiger partial charge in [0.25, 0.3) is 0 Å². The fraction of sp³-hybridized carbons (Fsp3) is 0.308. The number of carboxylic acid groups (broad SMARTS) is 1. The monoisotopic (exact) mass is 264 g/mol. The average Bonchev–Trinajstić information content (AvgIpc) is 2.75. The lowest BCUT2D eigenvalue weighted by Crippen LogP contribution is -2.23. The Bertz CT molecular complexity index is 548. The minimum Gasteiger partial charge on any atom is -0.478 e. The highest BCUT2D eigenvalue weighted by molar-refractivity contribution is 5.98. The largest absolute Gasteiger partial charge is 0.478 e. The second-order valence-corrected chi connectivity index (χ2v) is 4.13. The molecule has 0 aliphatic carbocycles. The van der Waals surface area contributed by atoms with Crippen molar-refractivity contribution in [3.63, 3.8) is 0 Å². The van der Waals surface area contributed by atoms with Crippen LogP contribution in [0.3, 0.4) is 0 Å². The van der Waals surface area contributed by atoms with E-state index in [0.717, 1.165) is 0 Å². The lowest BCUT2D eigenvalue weighted by Gasteiger charge is -2.12. The highest BCUT2D eigenvalue weighted by atomic mass is 16.6. The Hall–Kier alpha value is -2.37. The molecule has 0 aromatic heterocycles. The molecule has 6 nitrogen and oxygen atoms in total. The molecule has 2 rings (SSSR count). The third kappa shape index (κ3) is 2.73. The van der Waals surface area contributed by atoms with Crippen LogP contribution in [-0.4, -0.2) is 35.5 Å².